The summed E-state index contributed by atoms with van der Waals surface area (Å²) < 4.78 is 1.19. The Balaban J connectivity index is 0.00000120. The van der Waals surface area contributed by atoms with Gasteiger partial charge in [0.05, 0.1) is 4.88 Å². The van der Waals surface area contributed by atoms with Crippen molar-refractivity contribution in [2.75, 3.05) is 26.2 Å². The summed E-state index contributed by atoms with van der Waals surface area (Å²) in [5.41, 5.74) is 0. The second-order valence-corrected chi connectivity index (χ2v) is 5.27. The SMILES string of the molecule is Cl.O=C(c1cc2ccccc2s1)N1CCNCC1. The summed E-state index contributed by atoms with van der Waals surface area (Å²) in [5.74, 6) is 0.174. The highest BCUT2D eigenvalue weighted by Crippen LogP contribution is 2.26. The van der Waals surface area contributed by atoms with Crippen molar-refractivity contribution in [2.45, 2.75) is 0 Å². The molecule has 2 heterocycles. The largest absolute Gasteiger partial charge is 0.335 e. The molecule has 0 radical (unpaired) electrons. The van der Waals surface area contributed by atoms with Gasteiger partial charge in [-0.15, -0.1) is 23.7 Å². The van der Waals surface area contributed by atoms with Gasteiger partial charge in [0.1, 0.15) is 0 Å². The molecule has 0 unspecified atom stereocenters. The minimum Gasteiger partial charge on any atom is -0.335 e. The number of carbonyl (C=O) groups excluding carboxylic acids is 1. The van der Waals surface area contributed by atoms with Crippen LogP contribution < -0.4 is 5.32 Å². The van der Waals surface area contributed by atoms with Crippen LogP contribution in [-0.2, 0) is 0 Å². The first-order chi connectivity index (χ1) is 8.34. The number of benzene rings is 1. The zero-order chi connectivity index (χ0) is 11.7. The lowest BCUT2D eigenvalue weighted by molar-refractivity contribution is 0.0741. The van der Waals surface area contributed by atoms with Gasteiger partial charge >= 0.3 is 0 Å². The molecule has 3 nitrogen and oxygen atoms in total. The molecule has 0 bridgehead atoms. The maximum absolute atomic E-state index is 12.3. The highest BCUT2D eigenvalue weighted by Gasteiger charge is 2.19. The Morgan fingerprint density at radius 3 is 2.67 bits per heavy atom. The highest BCUT2D eigenvalue weighted by atomic mass is 35.5. The quantitative estimate of drug-likeness (QED) is 0.871. The molecule has 3 rings (SSSR count). The number of halogens is 1. The van der Waals surface area contributed by atoms with Crippen molar-refractivity contribution in [3.63, 3.8) is 0 Å². The molecule has 1 aromatic carbocycles. The van der Waals surface area contributed by atoms with Gasteiger partial charge < -0.3 is 10.2 Å². The Morgan fingerprint density at radius 2 is 1.94 bits per heavy atom. The van der Waals surface area contributed by atoms with E-state index >= 15 is 0 Å². The third kappa shape index (κ3) is 2.51. The van der Waals surface area contributed by atoms with Crippen LogP contribution in [0.1, 0.15) is 9.67 Å². The minimum absolute atomic E-state index is 0. The maximum Gasteiger partial charge on any atom is 0.264 e. The molecular weight excluding hydrogens is 268 g/mol. The van der Waals surface area contributed by atoms with Gasteiger partial charge in [0.25, 0.3) is 5.91 Å². The average molecular weight is 283 g/mol. The summed E-state index contributed by atoms with van der Waals surface area (Å²) in [6, 6.07) is 10.1. The lowest BCUT2D eigenvalue weighted by Crippen LogP contribution is -2.46. The van der Waals surface area contributed by atoms with E-state index in [0.29, 0.717) is 0 Å². The molecule has 1 aliphatic heterocycles. The van der Waals surface area contributed by atoms with Crippen LogP contribution in [-0.4, -0.2) is 37.0 Å². The van der Waals surface area contributed by atoms with Crippen molar-refractivity contribution >= 4 is 39.7 Å². The fourth-order valence-electron chi connectivity index (χ4n) is 2.11. The number of carbonyl (C=O) groups is 1. The Morgan fingerprint density at radius 1 is 1.22 bits per heavy atom. The smallest absolute Gasteiger partial charge is 0.264 e. The number of hydrogen-bond donors (Lipinski definition) is 1. The van der Waals surface area contributed by atoms with Crippen LogP contribution >= 0.6 is 23.7 Å². The lowest BCUT2D eigenvalue weighted by atomic mass is 10.2. The minimum atomic E-state index is 0. The second-order valence-electron chi connectivity index (χ2n) is 4.19. The topological polar surface area (TPSA) is 32.3 Å². The molecule has 0 aliphatic carbocycles. The monoisotopic (exact) mass is 282 g/mol. The zero-order valence-electron chi connectivity index (χ0n) is 9.89. The summed E-state index contributed by atoms with van der Waals surface area (Å²) in [5, 5.41) is 4.42. The van der Waals surface area contributed by atoms with Gasteiger partial charge in [-0.25, -0.2) is 0 Å². The molecule has 2 aromatic rings. The summed E-state index contributed by atoms with van der Waals surface area (Å²) in [7, 11) is 0. The number of amides is 1. The number of hydrogen-bond acceptors (Lipinski definition) is 3. The van der Waals surface area contributed by atoms with E-state index in [1.165, 1.54) is 4.70 Å². The summed E-state index contributed by atoms with van der Waals surface area (Å²) in [4.78, 5) is 15.1. The van der Waals surface area contributed by atoms with Crippen molar-refractivity contribution in [3.8, 4) is 0 Å². The van der Waals surface area contributed by atoms with E-state index in [9.17, 15) is 4.79 Å². The summed E-state index contributed by atoms with van der Waals surface area (Å²) in [6.07, 6.45) is 0. The van der Waals surface area contributed by atoms with Crippen LogP contribution in [0.3, 0.4) is 0 Å². The standard InChI is InChI=1S/C13H14N2OS.ClH/c16-13(15-7-5-14-6-8-15)12-9-10-3-1-2-4-11(10)17-12;/h1-4,9,14H,5-8H2;1H. The molecule has 18 heavy (non-hydrogen) atoms. The lowest BCUT2D eigenvalue weighted by Gasteiger charge is -2.26. The molecule has 1 aliphatic rings. The van der Waals surface area contributed by atoms with Gasteiger partial charge in [-0.2, -0.15) is 0 Å². The number of rotatable bonds is 1. The Labute approximate surface area is 116 Å². The van der Waals surface area contributed by atoms with Crippen molar-refractivity contribution in [3.05, 3.63) is 35.2 Å². The summed E-state index contributed by atoms with van der Waals surface area (Å²) in [6.45, 7) is 3.42. The number of fused-ring (bicyclic) bond motifs is 1. The van der Waals surface area contributed by atoms with Crippen molar-refractivity contribution < 1.29 is 4.79 Å². The van der Waals surface area contributed by atoms with E-state index in [-0.39, 0.29) is 18.3 Å². The number of thiophene rings is 1. The van der Waals surface area contributed by atoms with Gasteiger partial charge in [-0.05, 0) is 17.5 Å². The predicted octanol–water partition coefficient (Wildman–Crippen LogP) is 2.37. The second kappa shape index (κ2) is 5.69. The van der Waals surface area contributed by atoms with Crippen molar-refractivity contribution in [1.82, 2.24) is 10.2 Å². The molecule has 1 N–H and O–H groups in total. The molecule has 96 valence electrons. The molecule has 1 aromatic heterocycles. The maximum atomic E-state index is 12.3. The molecule has 0 spiro atoms. The van der Waals surface area contributed by atoms with Gasteiger partial charge in [0, 0.05) is 30.9 Å². The van der Waals surface area contributed by atoms with E-state index < -0.39 is 0 Å². The molecule has 5 heteroatoms. The van der Waals surface area contributed by atoms with Crippen LogP contribution in [0.4, 0.5) is 0 Å². The van der Waals surface area contributed by atoms with Gasteiger partial charge in [-0.3, -0.25) is 4.79 Å². The van der Waals surface area contributed by atoms with Crippen LogP contribution in [0.2, 0.25) is 0 Å². The third-order valence-corrected chi connectivity index (χ3v) is 4.14. The fraction of sp³-hybridized carbons (Fsp3) is 0.308. The van der Waals surface area contributed by atoms with Crippen LogP contribution in [0, 0.1) is 0 Å². The molecule has 0 atom stereocenters. The third-order valence-electron chi connectivity index (χ3n) is 3.04. The van der Waals surface area contributed by atoms with Gasteiger partial charge in [-0.1, -0.05) is 18.2 Å². The van der Waals surface area contributed by atoms with Gasteiger partial charge in [0.2, 0.25) is 0 Å². The van der Waals surface area contributed by atoms with E-state index in [2.05, 4.69) is 17.4 Å². The Hall–Kier alpha value is -1.10. The first kappa shape index (κ1) is 13.3. The Kier molecular flexibility index (Phi) is 4.22. The average Bonchev–Trinajstić information content (AvgIpc) is 2.82. The van der Waals surface area contributed by atoms with Crippen LogP contribution in [0.25, 0.3) is 10.1 Å². The zero-order valence-corrected chi connectivity index (χ0v) is 11.5. The van der Waals surface area contributed by atoms with Crippen LogP contribution in [0.15, 0.2) is 30.3 Å². The fourth-order valence-corrected chi connectivity index (χ4v) is 3.14. The van der Waals surface area contributed by atoms with E-state index in [0.717, 1.165) is 36.4 Å². The first-order valence-electron chi connectivity index (χ1n) is 5.83. The van der Waals surface area contributed by atoms with Crippen molar-refractivity contribution in [1.29, 1.82) is 0 Å². The number of piperazine rings is 1. The molecule has 1 amide bonds. The normalized spacial score (nSPS) is 15.4. The van der Waals surface area contributed by atoms with Gasteiger partial charge in [0.15, 0.2) is 0 Å². The van der Waals surface area contributed by atoms with E-state index in [4.69, 9.17) is 0 Å². The molecule has 0 saturated carbocycles. The number of nitrogens with one attached hydrogen (secondary N) is 1. The van der Waals surface area contributed by atoms with E-state index in [1.54, 1.807) is 11.3 Å². The van der Waals surface area contributed by atoms with Crippen LogP contribution in [0.5, 0.6) is 0 Å². The number of nitrogens with zero attached hydrogens (tertiary/aromatic N) is 1. The predicted molar refractivity (Wildman–Crippen MR) is 77.8 cm³/mol. The molecule has 1 fully saturated rings. The van der Waals surface area contributed by atoms with E-state index in [1.807, 2.05) is 23.1 Å². The first-order valence-corrected chi connectivity index (χ1v) is 6.65. The van der Waals surface area contributed by atoms with Crippen molar-refractivity contribution in [2.24, 2.45) is 0 Å². The molecule has 1 saturated heterocycles. The molecular formula is C13H15ClN2OS. The highest BCUT2D eigenvalue weighted by molar-refractivity contribution is 7.20. The summed E-state index contributed by atoms with van der Waals surface area (Å²) >= 11 is 1.59. The Bertz CT molecular complexity index is 516.